The zero-order chi connectivity index (χ0) is 21.4. The van der Waals surface area contributed by atoms with Gasteiger partial charge in [-0.25, -0.2) is 8.78 Å². The lowest BCUT2D eigenvalue weighted by molar-refractivity contribution is -0.152. The summed E-state index contributed by atoms with van der Waals surface area (Å²) in [6.07, 6.45) is 1.93. The molecule has 2 aromatic rings. The summed E-state index contributed by atoms with van der Waals surface area (Å²) in [5.41, 5.74) is 2.61. The van der Waals surface area contributed by atoms with Crippen molar-refractivity contribution in [3.63, 3.8) is 0 Å². The molecule has 0 aromatic heterocycles. The van der Waals surface area contributed by atoms with Gasteiger partial charge in [-0.05, 0) is 48.3 Å². The van der Waals surface area contributed by atoms with Crippen molar-refractivity contribution in [2.45, 2.75) is 51.7 Å². The van der Waals surface area contributed by atoms with Crippen LogP contribution in [0.2, 0.25) is 0 Å². The monoisotopic (exact) mass is 412 g/mol. The van der Waals surface area contributed by atoms with Crippen LogP contribution in [0.1, 0.15) is 37.0 Å². The van der Waals surface area contributed by atoms with Crippen LogP contribution in [0.5, 0.6) is 0 Å². The number of hydrogen-bond acceptors (Lipinski definition) is 2. The summed E-state index contributed by atoms with van der Waals surface area (Å²) in [5, 5.41) is 2.95. The molecule has 2 aliphatic rings. The van der Waals surface area contributed by atoms with Crippen molar-refractivity contribution in [2.24, 2.45) is 11.8 Å². The minimum absolute atomic E-state index is 0.0283. The van der Waals surface area contributed by atoms with Gasteiger partial charge in [-0.15, -0.1) is 0 Å². The van der Waals surface area contributed by atoms with E-state index in [1.807, 2.05) is 26.0 Å². The van der Waals surface area contributed by atoms with Crippen molar-refractivity contribution in [3.05, 3.63) is 70.8 Å². The Morgan fingerprint density at radius 2 is 1.73 bits per heavy atom. The highest BCUT2D eigenvalue weighted by atomic mass is 19.1. The molecule has 30 heavy (non-hydrogen) atoms. The molecule has 0 unspecified atom stereocenters. The molecule has 0 radical (unpaired) electrons. The first-order chi connectivity index (χ1) is 14.3. The molecular weight excluding hydrogens is 386 g/mol. The first-order valence-corrected chi connectivity index (χ1v) is 10.4. The highest BCUT2D eigenvalue weighted by Gasteiger charge is 2.45. The van der Waals surface area contributed by atoms with Crippen molar-refractivity contribution in [3.8, 4) is 0 Å². The molecule has 4 nitrogen and oxygen atoms in total. The van der Waals surface area contributed by atoms with Gasteiger partial charge in [-0.1, -0.05) is 44.2 Å². The molecule has 4 rings (SSSR count). The minimum atomic E-state index is -0.707. The molecule has 1 heterocycles. The maximum absolute atomic E-state index is 14.3. The van der Waals surface area contributed by atoms with Gasteiger partial charge < -0.3 is 10.2 Å². The van der Waals surface area contributed by atoms with Crippen LogP contribution >= 0.6 is 0 Å². The Balaban J connectivity index is 1.61. The lowest BCUT2D eigenvalue weighted by atomic mass is 9.90. The van der Waals surface area contributed by atoms with Crippen LogP contribution in [0.4, 0.5) is 8.78 Å². The van der Waals surface area contributed by atoms with Gasteiger partial charge in [0.25, 0.3) is 0 Å². The van der Waals surface area contributed by atoms with Gasteiger partial charge in [-0.3, -0.25) is 9.59 Å². The minimum Gasteiger partial charge on any atom is -0.342 e. The summed E-state index contributed by atoms with van der Waals surface area (Å²) in [4.78, 5) is 28.0. The van der Waals surface area contributed by atoms with Gasteiger partial charge >= 0.3 is 0 Å². The molecule has 0 bridgehead atoms. The molecule has 0 spiro atoms. The number of hydrogen-bond donors (Lipinski definition) is 1. The Kier molecular flexibility index (Phi) is 5.58. The lowest BCUT2D eigenvalue weighted by Crippen LogP contribution is -2.65. The van der Waals surface area contributed by atoms with Gasteiger partial charge in [0.05, 0.1) is 0 Å². The fourth-order valence-electron chi connectivity index (χ4n) is 4.64. The van der Waals surface area contributed by atoms with E-state index in [1.54, 1.807) is 0 Å². The second kappa shape index (κ2) is 8.17. The number of benzene rings is 2. The van der Waals surface area contributed by atoms with E-state index in [4.69, 9.17) is 0 Å². The third kappa shape index (κ3) is 3.95. The second-order valence-corrected chi connectivity index (χ2v) is 8.77. The van der Waals surface area contributed by atoms with Crippen molar-refractivity contribution < 1.29 is 18.4 Å². The van der Waals surface area contributed by atoms with Gasteiger partial charge in [0.15, 0.2) is 0 Å². The number of piperazine rings is 1. The number of carbonyl (C=O) groups excluding carboxylic acids is 2. The van der Waals surface area contributed by atoms with Gasteiger partial charge in [0.2, 0.25) is 11.8 Å². The number of nitrogens with zero attached hydrogens (tertiary/aromatic N) is 1. The number of fused-ring (bicyclic) bond motifs is 1. The molecule has 2 amide bonds. The van der Waals surface area contributed by atoms with E-state index >= 15 is 0 Å². The molecule has 2 atom stereocenters. The van der Waals surface area contributed by atoms with E-state index in [1.165, 1.54) is 28.2 Å². The molecule has 1 saturated heterocycles. The largest absolute Gasteiger partial charge is 0.342 e. The topological polar surface area (TPSA) is 49.4 Å². The van der Waals surface area contributed by atoms with Crippen molar-refractivity contribution in [1.29, 1.82) is 0 Å². The standard InChI is InChI=1S/C24H26F2N2O2/c1-14(2)9-21-23(29)27-22(18-10-15-5-3-4-6-16(15)11-18)24(30)28(21)13-17-7-8-19(25)12-20(17)26/h3-8,12,14,18,21-22H,9-11,13H2,1-2H3,(H,27,29)/t21-,22-/m1/s1. The predicted molar refractivity (Wildman–Crippen MR) is 109 cm³/mol. The van der Waals surface area contributed by atoms with Gasteiger partial charge in [0.1, 0.15) is 23.7 Å². The number of halogens is 2. The van der Waals surface area contributed by atoms with Gasteiger partial charge in [-0.2, -0.15) is 0 Å². The summed E-state index contributed by atoms with van der Waals surface area (Å²) in [5.74, 6) is -1.62. The first kappa shape index (κ1) is 20.5. The molecule has 1 aliphatic carbocycles. The Hall–Kier alpha value is -2.76. The molecular formula is C24H26F2N2O2. The van der Waals surface area contributed by atoms with E-state index in [2.05, 4.69) is 17.4 Å². The number of nitrogens with one attached hydrogen (secondary N) is 1. The first-order valence-electron chi connectivity index (χ1n) is 10.4. The molecule has 1 aliphatic heterocycles. The fourth-order valence-corrected chi connectivity index (χ4v) is 4.64. The van der Waals surface area contributed by atoms with Crippen LogP contribution in [0.3, 0.4) is 0 Å². The van der Waals surface area contributed by atoms with E-state index < -0.39 is 23.7 Å². The zero-order valence-electron chi connectivity index (χ0n) is 17.2. The predicted octanol–water partition coefficient (Wildman–Crippen LogP) is 3.62. The summed E-state index contributed by atoms with van der Waals surface area (Å²) >= 11 is 0. The fraction of sp³-hybridized carbons (Fsp3) is 0.417. The van der Waals surface area contributed by atoms with E-state index in [0.717, 1.165) is 18.9 Å². The number of amides is 2. The van der Waals surface area contributed by atoms with Crippen molar-refractivity contribution >= 4 is 11.8 Å². The Morgan fingerprint density at radius 3 is 2.33 bits per heavy atom. The lowest BCUT2D eigenvalue weighted by Gasteiger charge is -2.41. The SMILES string of the molecule is CC(C)C[C@@H]1C(=O)N[C@H](C2Cc3ccccc3C2)C(=O)N1Cc1ccc(F)cc1F. The van der Waals surface area contributed by atoms with Crippen LogP contribution in [0.25, 0.3) is 0 Å². The summed E-state index contributed by atoms with van der Waals surface area (Å²) < 4.78 is 27.6. The van der Waals surface area contributed by atoms with Crippen LogP contribution in [-0.2, 0) is 29.0 Å². The van der Waals surface area contributed by atoms with Crippen LogP contribution in [-0.4, -0.2) is 28.8 Å². The number of carbonyl (C=O) groups is 2. The molecule has 1 N–H and O–H groups in total. The zero-order valence-corrected chi connectivity index (χ0v) is 17.2. The molecule has 1 fully saturated rings. The third-order valence-corrected chi connectivity index (χ3v) is 6.13. The second-order valence-electron chi connectivity index (χ2n) is 8.77. The molecule has 158 valence electrons. The Bertz CT molecular complexity index is 950. The van der Waals surface area contributed by atoms with E-state index in [9.17, 15) is 18.4 Å². The summed E-state index contributed by atoms with van der Waals surface area (Å²) in [6.45, 7) is 3.91. The van der Waals surface area contributed by atoms with Gasteiger partial charge in [0, 0.05) is 18.2 Å². The maximum atomic E-state index is 14.3. The smallest absolute Gasteiger partial charge is 0.246 e. The maximum Gasteiger partial charge on any atom is 0.246 e. The molecule has 0 saturated carbocycles. The highest BCUT2D eigenvalue weighted by molar-refractivity contribution is 5.97. The quantitative estimate of drug-likeness (QED) is 0.816. The number of rotatable bonds is 5. The van der Waals surface area contributed by atoms with Crippen LogP contribution in [0.15, 0.2) is 42.5 Å². The van der Waals surface area contributed by atoms with E-state index in [-0.39, 0.29) is 35.8 Å². The summed E-state index contributed by atoms with van der Waals surface area (Å²) in [7, 11) is 0. The van der Waals surface area contributed by atoms with Crippen LogP contribution in [0, 0.1) is 23.5 Å². The third-order valence-electron chi connectivity index (χ3n) is 6.13. The Morgan fingerprint density at radius 1 is 1.07 bits per heavy atom. The average Bonchev–Trinajstić information content (AvgIpc) is 3.12. The Labute approximate surface area is 175 Å². The normalized spacial score (nSPS) is 21.8. The summed E-state index contributed by atoms with van der Waals surface area (Å²) in [6, 6.07) is 10.1. The van der Waals surface area contributed by atoms with E-state index in [0.29, 0.717) is 6.42 Å². The van der Waals surface area contributed by atoms with Crippen molar-refractivity contribution in [1.82, 2.24) is 10.2 Å². The average molecular weight is 412 g/mol. The van der Waals surface area contributed by atoms with Crippen LogP contribution < -0.4 is 5.32 Å². The highest BCUT2D eigenvalue weighted by Crippen LogP contribution is 2.32. The molecule has 2 aromatic carbocycles. The molecule has 6 heteroatoms. The van der Waals surface area contributed by atoms with Crippen molar-refractivity contribution in [2.75, 3.05) is 0 Å².